The van der Waals surface area contributed by atoms with Gasteiger partial charge in [0.25, 0.3) is 0 Å². The number of quaternary nitrogens is 1. The molecule has 0 fully saturated rings. The van der Waals surface area contributed by atoms with Gasteiger partial charge in [-0.05, 0) is 64.2 Å². The largest absolute Gasteiger partial charge is 0.544 e. The van der Waals surface area contributed by atoms with Crippen LogP contribution >= 0.6 is 0 Å². The second-order valence-electron chi connectivity index (χ2n) is 15.5. The Labute approximate surface area is 331 Å². The van der Waals surface area contributed by atoms with Crippen molar-refractivity contribution in [2.75, 3.05) is 41.0 Å². The average Bonchev–Trinajstić information content (AvgIpc) is 3.12. The summed E-state index contributed by atoms with van der Waals surface area (Å²) in [5.41, 5.74) is 0. The van der Waals surface area contributed by atoms with Crippen LogP contribution < -0.4 is 5.11 Å². The van der Waals surface area contributed by atoms with Crippen molar-refractivity contribution in [1.29, 1.82) is 0 Å². The van der Waals surface area contributed by atoms with E-state index in [1.165, 1.54) is 89.9 Å². The maximum atomic E-state index is 12.6. The maximum absolute atomic E-state index is 12.6. The lowest BCUT2D eigenvalue weighted by Crippen LogP contribution is -2.55. The van der Waals surface area contributed by atoms with Gasteiger partial charge in [0.05, 0.1) is 40.3 Å². The van der Waals surface area contributed by atoms with E-state index in [1.807, 2.05) is 0 Å². The molecule has 0 saturated heterocycles. The van der Waals surface area contributed by atoms with Gasteiger partial charge >= 0.3 is 11.9 Å². The molecule has 0 bridgehead atoms. The summed E-state index contributed by atoms with van der Waals surface area (Å²) >= 11 is 0. The molecule has 2 atom stereocenters. The minimum absolute atomic E-state index is 0.0185. The van der Waals surface area contributed by atoms with Crippen LogP contribution in [0.25, 0.3) is 0 Å². The van der Waals surface area contributed by atoms with Gasteiger partial charge in [0.15, 0.2) is 6.10 Å². The van der Waals surface area contributed by atoms with Gasteiger partial charge in [-0.15, -0.1) is 0 Å². The number of hydrogen-bond donors (Lipinski definition) is 0. The zero-order valence-corrected chi connectivity index (χ0v) is 35.4. The number of carboxylic acid groups (broad SMARTS) is 1. The molecule has 0 amide bonds. The van der Waals surface area contributed by atoms with Gasteiger partial charge in [-0.25, -0.2) is 0 Å². The zero-order valence-electron chi connectivity index (χ0n) is 35.4. The first-order valence-electron chi connectivity index (χ1n) is 21.7. The minimum atomic E-state index is -1.13. The predicted molar refractivity (Wildman–Crippen MR) is 222 cm³/mol. The highest BCUT2D eigenvalue weighted by Gasteiger charge is 2.25. The maximum Gasteiger partial charge on any atom is 0.306 e. The molecular weight excluding hydrogens is 679 g/mol. The van der Waals surface area contributed by atoms with E-state index in [-0.39, 0.29) is 49.1 Å². The number of carbonyl (C=O) groups is 3. The fourth-order valence-corrected chi connectivity index (χ4v) is 6.09. The van der Waals surface area contributed by atoms with Crippen molar-refractivity contribution in [1.82, 2.24) is 0 Å². The summed E-state index contributed by atoms with van der Waals surface area (Å²) in [6, 6.07) is -0.735. The van der Waals surface area contributed by atoms with E-state index in [1.54, 1.807) is 21.1 Å². The van der Waals surface area contributed by atoms with E-state index in [0.29, 0.717) is 12.8 Å². The Kier molecular flexibility index (Phi) is 35.4. The molecule has 0 saturated carbocycles. The van der Waals surface area contributed by atoms with Crippen LogP contribution in [0.1, 0.15) is 174 Å². The predicted octanol–water partition coefficient (Wildman–Crippen LogP) is 10.3. The lowest BCUT2D eigenvalue weighted by atomic mass is 10.1. The van der Waals surface area contributed by atoms with Crippen LogP contribution in [-0.4, -0.2) is 75.5 Å². The number of hydrogen-bond acceptors (Lipinski definition) is 7. The van der Waals surface area contributed by atoms with E-state index < -0.39 is 18.1 Å². The number of aliphatic carboxylic acids is 1. The van der Waals surface area contributed by atoms with Gasteiger partial charge in [0, 0.05) is 19.3 Å². The van der Waals surface area contributed by atoms with E-state index >= 15 is 0 Å². The molecule has 0 radical (unpaired) electrons. The van der Waals surface area contributed by atoms with Gasteiger partial charge in [-0.2, -0.15) is 0 Å². The molecule has 0 aliphatic carbocycles. The Hall–Kier alpha value is -2.71. The molecule has 0 aromatic rings. The first kappa shape index (κ1) is 51.3. The number of rotatable bonds is 38. The number of esters is 2. The van der Waals surface area contributed by atoms with Gasteiger partial charge in [0.1, 0.15) is 12.6 Å². The third-order valence-electron chi connectivity index (χ3n) is 9.45. The Morgan fingerprint density at radius 3 is 1.61 bits per heavy atom. The first-order chi connectivity index (χ1) is 26.1. The third-order valence-corrected chi connectivity index (χ3v) is 9.45. The van der Waals surface area contributed by atoms with Gasteiger partial charge in [-0.3, -0.25) is 9.59 Å². The molecule has 0 aliphatic rings. The number of unbranched alkanes of at least 4 members (excludes halogenated alkanes) is 16. The molecule has 8 nitrogen and oxygen atoms in total. The fourth-order valence-electron chi connectivity index (χ4n) is 6.09. The lowest BCUT2D eigenvalue weighted by Gasteiger charge is -2.34. The summed E-state index contributed by atoms with van der Waals surface area (Å²) in [4.78, 5) is 36.7. The van der Waals surface area contributed by atoms with E-state index in [2.05, 4.69) is 62.5 Å². The number of carboxylic acids is 1. The van der Waals surface area contributed by atoms with Gasteiger partial charge in [-0.1, -0.05) is 140 Å². The molecule has 0 aromatic heterocycles. The van der Waals surface area contributed by atoms with Crippen LogP contribution in [0.5, 0.6) is 0 Å². The number of ether oxygens (including phenoxy) is 3. The van der Waals surface area contributed by atoms with E-state index in [4.69, 9.17) is 14.2 Å². The molecule has 0 N–H and O–H groups in total. The Bertz CT molecular complexity index is 1030. The summed E-state index contributed by atoms with van der Waals surface area (Å²) in [6.45, 7) is 4.47. The highest BCUT2D eigenvalue weighted by molar-refractivity contribution is 5.70. The van der Waals surface area contributed by atoms with Crippen molar-refractivity contribution >= 4 is 17.9 Å². The molecule has 0 heterocycles. The molecule has 8 heteroatoms. The smallest absolute Gasteiger partial charge is 0.306 e. The molecule has 2 unspecified atom stereocenters. The summed E-state index contributed by atoms with van der Waals surface area (Å²) < 4.78 is 17.1. The lowest BCUT2D eigenvalue weighted by molar-refractivity contribution is -0.889. The second-order valence-corrected chi connectivity index (χ2v) is 15.5. The standard InChI is InChI=1S/C46H81NO7/c1-6-8-10-12-14-16-18-19-20-21-22-23-24-25-27-28-30-32-34-36-44(48)53-41-42(40-52-39-38-43(46(50)51)47(3,4)5)54-45(49)37-35-33-31-29-26-17-15-13-11-9-7-2/h9,11,15,17,21-22,29,31,42-43H,6-8,10,12-14,16,18-20,23-28,30,32-41H2,1-5H3/b11-9+,17-15+,22-21+,31-29+. The van der Waals surface area contributed by atoms with Crippen LogP contribution in [0, 0.1) is 0 Å². The SMILES string of the molecule is CC/C=C/C/C=C/C/C=C/CCCC(=O)OC(COCCC(C(=O)[O-])[N+](C)(C)C)COC(=O)CCCCCCCCC/C=C/CCCCCCCCCC. The molecule has 312 valence electrons. The molecule has 0 aliphatic heterocycles. The van der Waals surface area contributed by atoms with Crippen molar-refractivity contribution in [3.63, 3.8) is 0 Å². The molecule has 0 spiro atoms. The fraction of sp³-hybridized carbons (Fsp3) is 0.761. The van der Waals surface area contributed by atoms with Crippen LogP contribution in [0.15, 0.2) is 48.6 Å². The molecule has 0 aromatic carbocycles. The first-order valence-corrected chi connectivity index (χ1v) is 21.7. The number of allylic oxidation sites excluding steroid dienone is 8. The highest BCUT2D eigenvalue weighted by atomic mass is 16.6. The monoisotopic (exact) mass is 760 g/mol. The van der Waals surface area contributed by atoms with Crippen molar-refractivity contribution in [2.45, 2.75) is 187 Å². The van der Waals surface area contributed by atoms with Crippen molar-refractivity contribution in [3.8, 4) is 0 Å². The summed E-state index contributed by atoms with van der Waals surface area (Å²) in [6.07, 6.45) is 43.0. The Balaban J connectivity index is 4.33. The van der Waals surface area contributed by atoms with E-state index in [0.717, 1.165) is 44.9 Å². The summed E-state index contributed by atoms with van der Waals surface area (Å²) in [5, 5.41) is 11.6. The highest BCUT2D eigenvalue weighted by Crippen LogP contribution is 2.13. The molecule has 0 rings (SSSR count). The third kappa shape index (κ3) is 35.0. The normalized spacial score (nSPS) is 13.4. The van der Waals surface area contributed by atoms with Crippen LogP contribution in [0.3, 0.4) is 0 Å². The topological polar surface area (TPSA) is 102 Å². The van der Waals surface area contributed by atoms with Crippen LogP contribution in [-0.2, 0) is 28.6 Å². The van der Waals surface area contributed by atoms with Crippen LogP contribution in [0.2, 0.25) is 0 Å². The average molecular weight is 760 g/mol. The van der Waals surface area contributed by atoms with Crippen molar-refractivity contribution < 1.29 is 38.2 Å². The molecular formula is C46H81NO7. The van der Waals surface area contributed by atoms with Gasteiger partial charge in [0.2, 0.25) is 0 Å². The Morgan fingerprint density at radius 2 is 1.06 bits per heavy atom. The number of likely N-dealkylation sites (N-methyl/N-ethyl adjacent to an activating group) is 1. The zero-order chi connectivity index (χ0) is 40.0. The minimum Gasteiger partial charge on any atom is -0.544 e. The van der Waals surface area contributed by atoms with Crippen molar-refractivity contribution in [3.05, 3.63) is 48.6 Å². The van der Waals surface area contributed by atoms with Crippen LogP contribution in [0.4, 0.5) is 0 Å². The van der Waals surface area contributed by atoms with Crippen molar-refractivity contribution in [2.24, 2.45) is 0 Å². The number of carbonyl (C=O) groups excluding carboxylic acids is 3. The Morgan fingerprint density at radius 1 is 0.574 bits per heavy atom. The quantitative estimate of drug-likeness (QED) is 0.0267. The second kappa shape index (κ2) is 37.2. The summed E-state index contributed by atoms with van der Waals surface area (Å²) in [7, 11) is 5.38. The summed E-state index contributed by atoms with van der Waals surface area (Å²) in [5.74, 6) is -1.81. The van der Waals surface area contributed by atoms with E-state index in [9.17, 15) is 19.5 Å². The molecule has 54 heavy (non-hydrogen) atoms. The number of nitrogens with zero attached hydrogens (tertiary/aromatic N) is 1. The van der Waals surface area contributed by atoms with Gasteiger partial charge < -0.3 is 28.6 Å².